The quantitative estimate of drug-likeness (QED) is 0.789. The molecule has 0 N–H and O–H groups in total. The summed E-state index contributed by atoms with van der Waals surface area (Å²) in [7, 11) is 2.04. The maximum Gasteiger partial charge on any atom is 0.228 e. The SMILES string of the molecule is CC1CCN(C(=O)[C@@H]2CN(C)C[C@]23CCc2ccccc2C3=O)CC1. The first-order valence-corrected chi connectivity index (χ1v) is 9.61. The van der Waals surface area contributed by atoms with Crippen LogP contribution >= 0.6 is 0 Å². The second-order valence-electron chi connectivity index (χ2n) is 8.40. The predicted molar refractivity (Wildman–Crippen MR) is 97.5 cm³/mol. The van der Waals surface area contributed by atoms with E-state index < -0.39 is 5.41 Å². The fourth-order valence-corrected chi connectivity index (χ4v) is 5.09. The molecule has 0 aromatic heterocycles. The molecular formula is C21H28N2O2. The highest BCUT2D eigenvalue weighted by Gasteiger charge is 2.56. The molecule has 2 fully saturated rings. The van der Waals surface area contributed by atoms with E-state index in [0.29, 0.717) is 19.0 Å². The molecule has 1 aromatic rings. The molecular weight excluding hydrogens is 312 g/mol. The average Bonchev–Trinajstić information content (AvgIpc) is 2.96. The Morgan fingerprint density at radius 2 is 1.92 bits per heavy atom. The normalized spacial score (nSPS) is 30.7. The summed E-state index contributed by atoms with van der Waals surface area (Å²) in [6, 6.07) is 7.95. The number of piperidine rings is 1. The zero-order valence-corrected chi connectivity index (χ0v) is 15.3. The lowest BCUT2D eigenvalue weighted by Gasteiger charge is -2.40. The topological polar surface area (TPSA) is 40.6 Å². The van der Waals surface area contributed by atoms with Crippen molar-refractivity contribution >= 4 is 11.7 Å². The molecule has 4 rings (SSSR count). The van der Waals surface area contributed by atoms with E-state index in [9.17, 15) is 9.59 Å². The summed E-state index contributed by atoms with van der Waals surface area (Å²) in [6.45, 7) is 5.37. The van der Waals surface area contributed by atoms with Crippen LogP contribution in [-0.4, -0.2) is 54.7 Å². The molecule has 0 unspecified atom stereocenters. The number of aryl methyl sites for hydroxylation is 1. The minimum Gasteiger partial charge on any atom is -0.342 e. The number of hydrogen-bond donors (Lipinski definition) is 0. The maximum absolute atomic E-state index is 13.4. The minimum absolute atomic E-state index is 0.188. The van der Waals surface area contributed by atoms with Crippen LogP contribution in [0.15, 0.2) is 24.3 Å². The molecule has 1 aliphatic carbocycles. The van der Waals surface area contributed by atoms with E-state index >= 15 is 0 Å². The van der Waals surface area contributed by atoms with E-state index in [0.717, 1.165) is 49.9 Å². The third-order valence-electron chi connectivity index (χ3n) is 6.66. The molecule has 1 amide bonds. The Hall–Kier alpha value is -1.68. The van der Waals surface area contributed by atoms with Crippen LogP contribution in [0.2, 0.25) is 0 Å². The average molecular weight is 340 g/mol. The summed E-state index contributed by atoms with van der Waals surface area (Å²) in [4.78, 5) is 31.0. The van der Waals surface area contributed by atoms with E-state index in [-0.39, 0.29) is 17.6 Å². The van der Waals surface area contributed by atoms with Crippen molar-refractivity contribution in [3.8, 4) is 0 Å². The molecule has 134 valence electrons. The Balaban J connectivity index is 1.64. The smallest absolute Gasteiger partial charge is 0.228 e. The molecule has 0 saturated carbocycles. The summed E-state index contributed by atoms with van der Waals surface area (Å²) >= 11 is 0. The second-order valence-corrected chi connectivity index (χ2v) is 8.40. The molecule has 3 aliphatic rings. The van der Waals surface area contributed by atoms with Crippen LogP contribution in [0, 0.1) is 17.3 Å². The molecule has 1 aromatic carbocycles. The van der Waals surface area contributed by atoms with Gasteiger partial charge in [-0.05, 0) is 44.2 Å². The van der Waals surface area contributed by atoms with Gasteiger partial charge in [-0.1, -0.05) is 31.2 Å². The van der Waals surface area contributed by atoms with Crippen LogP contribution in [0.25, 0.3) is 0 Å². The van der Waals surface area contributed by atoms with Gasteiger partial charge in [0.1, 0.15) is 0 Å². The lowest BCUT2D eigenvalue weighted by Crippen LogP contribution is -2.51. The lowest BCUT2D eigenvalue weighted by atomic mass is 9.64. The first-order valence-electron chi connectivity index (χ1n) is 9.61. The number of ketones is 1. The third-order valence-corrected chi connectivity index (χ3v) is 6.66. The van der Waals surface area contributed by atoms with Crippen molar-refractivity contribution in [2.45, 2.75) is 32.6 Å². The molecule has 4 heteroatoms. The second kappa shape index (κ2) is 6.24. The number of likely N-dealkylation sites (tertiary alicyclic amines) is 2. The number of fused-ring (bicyclic) bond motifs is 1. The Bertz CT molecular complexity index is 693. The number of nitrogens with zero attached hydrogens (tertiary/aromatic N) is 2. The van der Waals surface area contributed by atoms with Gasteiger partial charge in [-0.3, -0.25) is 9.59 Å². The van der Waals surface area contributed by atoms with Crippen LogP contribution in [0.4, 0.5) is 0 Å². The summed E-state index contributed by atoms with van der Waals surface area (Å²) in [6.07, 6.45) is 3.86. The monoisotopic (exact) mass is 340 g/mol. The Labute approximate surface area is 150 Å². The lowest BCUT2D eigenvalue weighted by molar-refractivity contribution is -0.139. The highest BCUT2D eigenvalue weighted by molar-refractivity contribution is 6.06. The van der Waals surface area contributed by atoms with Gasteiger partial charge in [0.05, 0.1) is 11.3 Å². The molecule has 0 bridgehead atoms. The number of hydrogen-bond acceptors (Lipinski definition) is 3. The van der Waals surface area contributed by atoms with Crippen molar-refractivity contribution in [1.29, 1.82) is 0 Å². The van der Waals surface area contributed by atoms with Crippen molar-refractivity contribution in [2.75, 3.05) is 33.2 Å². The van der Waals surface area contributed by atoms with Crippen LogP contribution in [0.3, 0.4) is 0 Å². The van der Waals surface area contributed by atoms with E-state index in [2.05, 4.69) is 17.9 Å². The molecule has 2 aliphatic heterocycles. The first kappa shape index (κ1) is 16.8. The minimum atomic E-state index is -0.525. The summed E-state index contributed by atoms with van der Waals surface area (Å²) < 4.78 is 0. The summed E-state index contributed by atoms with van der Waals surface area (Å²) in [5, 5.41) is 0. The van der Waals surface area contributed by atoms with Crippen molar-refractivity contribution in [3.63, 3.8) is 0 Å². The van der Waals surface area contributed by atoms with Crippen LogP contribution < -0.4 is 0 Å². The molecule has 2 saturated heterocycles. The van der Waals surface area contributed by atoms with Crippen LogP contribution in [0.1, 0.15) is 42.1 Å². The van der Waals surface area contributed by atoms with Crippen molar-refractivity contribution in [2.24, 2.45) is 17.3 Å². The largest absolute Gasteiger partial charge is 0.342 e. The molecule has 4 nitrogen and oxygen atoms in total. The maximum atomic E-state index is 13.4. The number of carbonyl (C=O) groups is 2. The highest BCUT2D eigenvalue weighted by atomic mass is 16.2. The number of amides is 1. The fourth-order valence-electron chi connectivity index (χ4n) is 5.09. The zero-order valence-electron chi connectivity index (χ0n) is 15.3. The van der Waals surface area contributed by atoms with Gasteiger partial charge in [0.25, 0.3) is 0 Å². The first-order chi connectivity index (χ1) is 12.0. The fraction of sp³-hybridized carbons (Fsp3) is 0.619. The van der Waals surface area contributed by atoms with Gasteiger partial charge in [0, 0.05) is 31.7 Å². The number of benzene rings is 1. The van der Waals surface area contributed by atoms with Gasteiger partial charge in [0.2, 0.25) is 5.91 Å². The van der Waals surface area contributed by atoms with Gasteiger partial charge in [-0.25, -0.2) is 0 Å². The van der Waals surface area contributed by atoms with Crippen LogP contribution in [-0.2, 0) is 11.2 Å². The van der Waals surface area contributed by atoms with Gasteiger partial charge in [-0.2, -0.15) is 0 Å². The van der Waals surface area contributed by atoms with Gasteiger partial charge < -0.3 is 9.80 Å². The van der Waals surface area contributed by atoms with Crippen molar-refractivity contribution in [3.05, 3.63) is 35.4 Å². The number of carbonyl (C=O) groups excluding carboxylic acids is 2. The highest BCUT2D eigenvalue weighted by Crippen LogP contribution is 2.46. The predicted octanol–water partition coefficient (Wildman–Crippen LogP) is 2.62. The number of Topliss-reactive ketones (excluding diaryl/α,β-unsaturated/α-hetero) is 1. The van der Waals surface area contributed by atoms with Crippen molar-refractivity contribution < 1.29 is 9.59 Å². The van der Waals surface area contributed by atoms with Gasteiger partial charge >= 0.3 is 0 Å². The molecule has 0 radical (unpaired) electrons. The standard InChI is InChI=1S/C21H28N2O2/c1-15-8-11-23(12-9-15)20(25)18-13-22(2)14-21(18)10-7-16-5-3-4-6-17(16)19(21)24/h3-6,15,18H,7-14H2,1-2H3/t18-,21+/m0/s1. The number of rotatable bonds is 1. The third kappa shape index (κ3) is 2.71. The van der Waals surface area contributed by atoms with Gasteiger partial charge in [0.15, 0.2) is 5.78 Å². The Morgan fingerprint density at radius 3 is 2.68 bits per heavy atom. The molecule has 25 heavy (non-hydrogen) atoms. The van der Waals surface area contributed by atoms with E-state index in [4.69, 9.17) is 0 Å². The zero-order chi connectivity index (χ0) is 17.6. The van der Waals surface area contributed by atoms with E-state index in [1.54, 1.807) is 0 Å². The summed E-state index contributed by atoms with van der Waals surface area (Å²) in [5.74, 6) is 0.922. The van der Waals surface area contributed by atoms with Gasteiger partial charge in [-0.15, -0.1) is 0 Å². The molecule has 1 spiro atoms. The van der Waals surface area contributed by atoms with Crippen LogP contribution in [0.5, 0.6) is 0 Å². The van der Waals surface area contributed by atoms with Crippen molar-refractivity contribution in [1.82, 2.24) is 9.80 Å². The Kier molecular flexibility index (Phi) is 4.19. The van der Waals surface area contributed by atoms with E-state index in [1.807, 2.05) is 30.1 Å². The molecule has 2 heterocycles. The molecule has 2 atom stereocenters. The Morgan fingerprint density at radius 1 is 1.20 bits per heavy atom. The van der Waals surface area contributed by atoms with E-state index in [1.165, 1.54) is 0 Å². The summed E-state index contributed by atoms with van der Waals surface area (Å²) in [5.41, 5.74) is 1.46.